The zero-order valence-electron chi connectivity index (χ0n) is 17.4. The van der Waals surface area contributed by atoms with E-state index in [1.807, 2.05) is 49.4 Å². The first-order valence-electron chi connectivity index (χ1n) is 10.4. The van der Waals surface area contributed by atoms with E-state index in [4.69, 9.17) is 4.74 Å². The highest BCUT2D eigenvalue weighted by molar-refractivity contribution is 5.95. The summed E-state index contributed by atoms with van der Waals surface area (Å²) in [6, 6.07) is 15.1. The fourth-order valence-corrected chi connectivity index (χ4v) is 3.56. The molecule has 31 heavy (non-hydrogen) atoms. The number of ether oxygens (including phenoxy) is 1. The van der Waals surface area contributed by atoms with Crippen LogP contribution in [0.3, 0.4) is 0 Å². The maximum Gasteiger partial charge on any atom is 0.272 e. The Bertz CT molecular complexity index is 1040. The van der Waals surface area contributed by atoms with Gasteiger partial charge in [0.2, 0.25) is 5.91 Å². The molecule has 2 aromatic heterocycles. The molecule has 0 bridgehead atoms. The number of aryl methyl sites for hydroxylation is 1. The highest BCUT2D eigenvalue weighted by Gasteiger charge is 2.25. The van der Waals surface area contributed by atoms with Crippen LogP contribution in [-0.2, 0) is 4.79 Å². The van der Waals surface area contributed by atoms with Crippen molar-refractivity contribution in [2.45, 2.75) is 25.9 Å². The Labute approximate surface area is 180 Å². The second-order valence-electron chi connectivity index (χ2n) is 7.50. The van der Waals surface area contributed by atoms with Crippen molar-refractivity contribution in [3.63, 3.8) is 0 Å². The first-order valence-corrected chi connectivity index (χ1v) is 10.4. The summed E-state index contributed by atoms with van der Waals surface area (Å²) in [4.78, 5) is 30.9. The summed E-state index contributed by atoms with van der Waals surface area (Å²) in [5.74, 6) is 0.300. The molecule has 3 aromatic rings. The summed E-state index contributed by atoms with van der Waals surface area (Å²) in [5.41, 5.74) is 2.81. The molecule has 3 heterocycles. The summed E-state index contributed by atoms with van der Waals surface area (Å²) in [6.45, 7) is 3.05. The van der Waals surface area contributed by atoms with Crippen molar-refractivity contribution in [2.24, 2.45) is 0 Å². The molecule has 0 saturated carbocycles. The average Bonchev–Trinajstić information content (AvgIpc) is 3.30. The molecular weight excluding hydrogens is 394 g/mol. The normalized spacial score (nSPS) is 14.3. The number of nitrogens with zero attached hydrogens (tertiary/aromatic N) is 3. The predicted octanol–water partition coefficient (Wildman–Crippen LogP) is 2.58. The quantitative estimate of drug-likeness (QED) is 0.640. The Kier molecular flexibility index (Phi) is 6.26. The van der Waals surface area contributed by atoms with E-state index >= 15 is 0 Å². The van der Waals surface area contributed by atoms with Crippen molar-refractivity contribution in [1.29, 1.82) is 0 Å². The van der Waals surface area contributed by atoms with E-state index in [1.54, 1.807) is 17.2 Å². The molecule has 0 radical (unpaired) electrons. The van der Waals surface area contributed by atoms with E-state index in [-0.39, 0.29) is 30.2 Å². The van der Waals surface area contributed by atoms with Crippen molar-refractivity contribution in [1.82, 2.24) is 25.4 Å². The summed E-state index contributed by atoms with van der Waals surface area (Å²) in [5, 5.41) is 9.58. The number of carbonyl (C=O) groups excluding carboxylic acids is 2. The fraction of sp³-hybridized carbons (Fsp3) is 0.304. The maximum absolute atomic E-state index is 12.5. The van der Waals surface area contributed by atoms with Crippen LogP contribution in [0.15, 0.2) is 54.7 Å². The molecular formula is C23H25N5O3. The van der Waals surface area contributed by atoms with Gasteiger partial charge in [0.25, 0.3) is 5.91 Å². The van der Waals surface area contributed by atoms with E-state index < -0.39 is 0 Å². The molecule has 1 aliphatic heterocycles. The number of rotatable bonds is 6. The fourth-order valence-electron chi connectivity index (χ4n) is 3.56. The van der Waals surface area contributed by atoms with Crippen LogP contribution in [-0.4, -0.2) is 57.6 Å². The van der Waals surface area contributed by atoms with Gasteiger partial charge >= 0.3 is 0 Å². The number of amides is 2. The lowest BCUT2D eigenvalue weighted by atomic mass is 10.1. The Morgan fingerprint density at radius 1 is 1.16 bits per heavy atom. The lowest BCUT2D eigenvalue weighted by Crippen LogP contribution is -2.46. The van der Waals surface area contributed by atoms with Gasteiger partial charge in [0, 0.05) is 32.1 Å². The number of hydrogen-bond acceptors (Lipinski definition) is 5. The molecule has 160 valence electrons. The highest BCUT2D eigenvalue weighted by Crippen LogP contribution is 2.21. The van der Waals surface area contributed by atoms with Crippen LogP contribution in [0.25, 0.3) is 11.3 Å². The summed E-state index contributed by atoms with van der Waals surface area (Å²) < 4.78 is 6.03. The standard InChI is InChI=1S/C23H25N5O3/c1-16-21(8-5-11-24-16)31-18-9-12-28(13-10-18)22(29)15-25-23(30)20-14-19(26-27-20)17-6-3-2-4-7-17/h2-8,11,14,18H,9-10,12-13,15H2,1H3,(H,25,30)(H,26,27). The van der Waals surface area contributed by atoms with E-state index in [0.29, 0.717) is 13.1 Å². The van der Waals surface area contributed by atoms with Crippen molar-refractivity contribution < 1.29 is 14.3 Å². The van der Waals surface area contributed by atoms with Gasteiger partial charge in [-0.3, -0.25) is 19.7 Å². The Hall–Kier alpha value is -3.68. The molecule has 0 spiro atoms. The van der Waals surface area contributed by atoms with Crippen LogP contribution in [0, 0.1) is 6.92 Å². The van der Waals surface area contributed by atoms with E-state index in [1.165, 1.54) is 0 Å². The minimum absolute atomic E-state index is 0.0560. The van der Waals surface area contributed by atoms with Crippen LogP contribution < -0.4 is 10.1 Å². The van der Waals surface area contributed by atoms with Crippen LogP contribution in [0.4, 0.5) is 0 Å². The molecule has 4 rings (SSSR count). The largest absolute Gasteiger partial charge is 0.488 e. The van der Waals surface area contributed by atoms with Gasteiger partial charge in [-0.25, -0.2) is 0 Å². The number of pyridine rings is 1. The van der Waals surface area contributed by atoms with Crippen LogP contribution in [0.5, 0.6) is 5.75 Å². The molecule has 1 fully saturated rings. The third-order valence-corrected chi connectivity index (χ3v) is 5.34. The molecule has 1 aliphatic rings. The Morgan fingerprint density at radius 3 is 2.68 bits per heavy atom. The third-order valence-electron chi connectivity index (χ3n) is 5.34. The van der Waals surface area contributed by atoms with Gasteiger partial charge in [-0.05, 0) is 30.7 Å². The number of benzene rings is 1. The Balaban J connectivity index is 1.24. The van der Waals surface area contributed by atoms with Crippen molar-refractivity contribution in [3.8, 4) is 17.0 Å². The van der Waals surface area contributed by atoms with E-state index in [0.717, 1.165) is 35.5 Å². The monoisotopic (exact) mass is 419 g/mol. The van der Waals surface area contributed by atoms with Gasteiger partial charge < -0.3 is 15.0 Å². The van der Waals surface area contributed by atoms with Gasteiger partial charge in [-0.1, -0.05) is 30.3 Å². The molecule has 0 atom stereocenters. The molecule has 2 amide bonds. The smallest absolute Gasteiger partial charge is 0.272 e. The number of aromatic amines is 1. The first kappa shape index (κ1) is 20.6. The first-order chi connectivity index (χ1) is 15.1. The van der Waals surface area contributed by atoms with Crippen molar-refractivity contribution in [2.75, 3.05) is 19.6 Å². The molecule has 8 heteroatoms. The van der Waals surface area contributed by atoms with Crippen LogP contribution >= 0.6 is 0 Å². The van der Waals surface area contributed by atoms with Gasteiger partial charge in [-0.2, -0.15) is 5.10 Å². The number of nitrogens with one attached hydrogen (secondary N) is 2. The number of aromatic nitrogens is 3. The number of hydrogen-bond donors (Lipinski definition) is 2. The zero-order valence-corrected chi connectivity index (χ0v) is 17.4. The van der Waals surface area contributed by atoms with E-state index in [2.05, 4.69) is 20.5 Å². The number of likely N-dealkylation sites (tertiary alicyclic amines) is 1. The van der Waals surface area contributed by atoms with Gasteiger partial charge in [0.05, 0.1) is 17.9 Å². The van der Waals surface area contributed by atoms with E-state index in [9.17, 15) is 9.59 Å². The maximum atomic E-state index is 12.5. The molecule has 1 aromatic carbocycles. The summed E-state index contributed by atoms with van der Waals surface area (Å²) in [7, 11) is 0. The SMILES string of the molecule is Cc1ncccc1OC1CCN(C(=O)CNC(=O)c2cc(-c3ccccc3)[nH]n2)CC1. The highest BCUT2D eigenvalue weighted by atomic mass is 16.5. The van der Waals surface area contributed by atoms with Crippen molar-refractivity contribution >= 4 is 11.8 Å². The number of H-pyrrole nitrogens is 1. The zero-order chi connectivity index (χ0) is 21.6. The second-order valence-corrected chi connectivity index (χ2v) is 7.50. The van der Waals surface area contributed by atoms with Crippen molar-refractivity contribution in [3.05, 3.63) is 66.1 Å². The van der Waals surface area contributed by atoms with Gasteiger partial charge in [0.15, 0.2) is 5.69 Å². The average molecular weight is 419 g/mol. The number of carbonyl (C=O) groups is 2. The minimum atomic E-state index is -0.378. The molecule has 1 saturated heterocycles. The predicted molar refractivity (Wildman–Crippen MR) is 116 cm³/mol. The van der Waals surface area contributed by atoms with Gasteiger partial charge in [0.1, 0.15) is 11.9 Å². The molecule has 0 unspecified atom stereocenters. The second kappa shape index (κ2) is 9.42. The lowest BCUT2D eigenvalue weighted by Gasteiger charge is -2.32. The molecule has 2 N–H and O–H groups in total. The lowest BCUT2D eigenvalue weighted by molar-refractivity contribution is -0.131. The van der Waals surface area contributed by atoms with Crippen LogP contribution in [0.2, 0.25) is 0 Å². The summed E-state index contributed by atoms with van der Waals surface area (Å²) in [6.07, 6.45) is 3.28. The molecule has 0 aliphatic carbocycles. The molecule has 8 nitrogen and oxygen atoms in total. The Morgan fingerprint density at radius 2 is 1.94 bits per heavy atom. The topological polar surface area (TPSA) is 100 Å². The van der Waals surface area contributed by atoms with Gasteiger partial charge in [-0.15, -0.1) is 0 Å². The third kappa shape index (κ3) is 5.09. The minimum Gasteiger partial charge on any atom is -0.488 e. The van der Waals surface area contributed by atoms with Crippen LogP contribution in [0.1, 0.15) is 29.0 Å². The summed E-state index contributed by atoms with van der Waals surface area (Å²) >= 11 is 0. The number of piperidine rings is 1.